The molecule has 138 valence electrons. The molecule has 0 aliphatic carbocycles. The summed E-state index contributed by atoms with van der Waals surface area (Å²) in [5.41, 5.74) is 2.77. The van der Waals surface area contributed by atoms with Gasteiger partial charge in [0.05, 0.1) is 0 Å². The van der Waals surface area contributed by atoms with Crippen molar-refractivity contribution in [3.8, 4) is 11.5 Å². The molecule has 5 heteroatoms. The fourth-order valence-corrected chi connectivity index (χ4v) is 3.02. The van der Waals surface area contributed by atoms with Crippen LogP contribution in [0.3, 0.4) is 0 Å². The van der Waals surface area contributed by atoms with E-state index in [9.17, 15) is 4.79 Å². The Kier molecular flexibility index (Phi) is 5.66. The zero-order valence-electron chi connectivity index (χ0n) is 15.7. The lowest BCUT2D eigenvalue weighted by molar-refractivity contribution is 0.0749. The van der Waals surface area contributed by atoms with Crippen LogP contribution in [0.5, 0.6) is 11.5 Å². The first-order valence-electron chi connectivity index (χ1n) is 9.12. The highest BCUT2D eigenvalue weighted by atomic mass is 16.6. The Morgan fingerprint density at radius 1 is 1.00 bits per heavy atom. The highest BCUT2D eigenvalue weighted by Gasteiger charge is 2.20. The standard InChI is InChI=1S/C21H26N2O3/c1-4-22(3)18-11-9-16(10-12-18)21(24)23(5-2)15-17-7-6-8-19-20(17)26-14-13-25-19/h6-12H,4-5,13-15H2,1-3H3. The normalized spacial score (nSPS) is 12.6. The second kappa shape index (κ2) is 8.13. The molecule has 0 saturated heterocycles. The number of hydrogen-bond donors (Lipinski definition) is 0. The molecule has 0 aromatic heterocycles. The maximum atomic E-state index is 12.9. The molecule has 2 aromatic rings. The summed E-state index contributed by atoms with van der Waals surface area (Å²) >= 11 is 0. The van der Waals surface area contributed by atoms with Crippen molar-refractivity contribution in [1.82, 2.24) is 4.90 Å². The van der Waals surface area contributed by atoms with Gasteiger partial charge in [-0.15, -0.1) is 0 Å². The number of hydrogen-bond acceptors (Lipinski definition) is 4. The highest BCUT2D eigenvalue weighted by Crippen LogP contribution is 2.34. The fraction of sp³-hybridized carbons (Fsp3) is 0.381. The number of nitrogens with zero attached hydrogens (tertiary/aromatic N) is 2. The summed E-state index contributed by atoms with van der Waals surface area (Å²) in [6.07, 6.45) is 0. The molecule has 1 aliphatic heterocycles. The Morgan fingerprint density at radius 2 is 1.73 bits per heavy atom. The van der Waals surface area contributed by atoms with Crippen molar-refractivity contribution in [2.45, 2.75) is 20.4 Å². The van der Waals surface area contributed by atoms with Crippen LogP contribution in [0.15, 0.2) is 42.5 Å². The van der Waals surface area contributed by atoms with Crippen molar-refractivity contribution >= 4 is 11.6 Å². The van der Waals surface area contributed by atoms with E-state index >= 15 is 0 Å². The summed E-state index contributed by atoms with van der Waals surface area (Å²) in [5, 5.41) is 0. The lowest BCUT2D eigenvalue weighted by Gasteiger charge is -2.25. The molecule has 2 aromatic carbocycles. The zero-order valence-corrected chi connectivity index (χ0v) is 15.7. The van der Waals surface area contributed by atoms with Crippen LogP contribution in [0.1, 0.15) is 29.8 Å². The van der Waals surface area contributed by atoms with Gasteiger partial charge < -0.3 is 19.3 Å². The van der Waals surface area contributed by atoms with Crippen LogP contribution in [0, 0.1) is 0 Å². The van der Waals surface area contributed by atoms with Crippen LogP contribution in [0.25, 0.3) is 0 Å². The summed E-state index contributed by atoms with van der Waals surface area (Å²) in [7, 11) is 2.04. The molecule has 5 nitrogen and oxygen atoms in total. The first-order chi connectivity index (χ1) is 12.6. The van der Waals surface area contributed by atoms with E-state index in [1.165, 1.54) is 0 Å². The van der Waals surface area contributed by atoms with Crippen LogP contribution in [0.4, 0.5) is 5.69 Å². The minimum absolute atomic E-state index is 0.0209. The second-order valence-electron chi connectivity index (χ2n) is 6.32. The molecule has 0 atom stereocenters. The molecule has 0 bridgehead atoms. The number of benzene rings is 2. The van der Waals surface area contributed by atoms with Crippen molar-refractivity contribution in [3.05, 3.63) is 53.6 Å². The summed E-state index contributed by atoms with van der Waals surface area (Å²) in [5.74, 6) is 1.53. The minimum Gasteiger partial charge on any atom is -0.486 e. The van der Waals surface area contributed by atoms with Crippen molar-refractivity contribution in [3.63, 3.8) is 0 Å². The number of amides is 1. The third kappa shape index (κ3) is 3.77. The van der Waals surface area contributed by atoms with E-state index in [1.54, 1.807) is 0 Å². The van der Waals surface area contributed by atoms with Crippen LogP contribution >= 0.6 is 0 Å². The average molecular weight is 354 g/mol. The van der Waals surface area contributed by atoms with Gasteiger partial charge in [-0.3, -0.25) is 4.79 Å². The fourth-order valence-electron chi connectivity index (χ4n) is 3.02. The number of fused-ring (bicyclic) bond motifs is 1. The summed E-state index contributed by atoms with van der Waals surface area (Å²) < 4.78 is 11.4. The van der Waals surface area contributed by atoms with Gasteiger partial charge in [-0.2, -0.15) is 0 Å². The number of carbonyl (C=O) groups is 1. The molecule has 1 heterocycles. The van der Waals surface area contributed by atoms with Gasteiger partial charge in [-0.25, -0.2) is 0 Å². The maximum absolute atomic E-state index is 12.9. The SMILES string of the molecule is CCN(Cc1cccc2c1OCCO2)C(=O)c1ccc(N(C)CC)cc1. The molecule has 1 amide bonds. The Balaban J connectivity index is 1.78. The molecule has 0 N–H and O–H groups in total. The molecule has 0 unspecified atom stereocenters. The van der Waals surface area contributed by atoms with Gasteiger partial charge >= 0.3 is 0 Å². The third-order valence-electron chi connectivity index (χ3n) is 4.71. The predicted octanol–water partition coefficient (Wildman–Crippen LogP) is 3.58. The van der Waals surface area contributed by atoms with E-state index in [1.807, 2.05) is 61.3 Å². The lowest BCUT2D eigenvalue weighted by atomic mass is 10.1. The molecule has 0 fully saturated rings. The number of anilines is 1. The van der Waals surface area contributed by atoms with Crippen molar-refractivity contribution in [1.29, 1.82) is 0 Å². The van der Waals surface area contributed by atoms with Gasteiger partial charge in [0, 0.05) is 43.5 Å². The van der Waals surface area contributed by atoms with E-state index < -0.39 is 0 Å². The van der Waals surface area contributed by atoms with E-state index in [0.717, 1.165) is 29.3 Å². The molecular weight excluding hydrogens is 328 g/mol. The monoisotopic (exact) mass is 354 g/mol. The Labute approximate surface area is 155 Å². The largest absolute Gasteiger partial charge is 0.486 e. The first kappa shape index (κ1) is 18.1. The Bertz CT molecular complexity index is 758. The lowest BCUT2D eigenvalue weighted by Crippen LogP contribution is -2.31. The summed E-state index contributed by atoms with van der Waals surface area (Å²) in [4.78, 5) is 16.9. The molecular formula is C21H26N2O3. The Hall–Kier alpha value is -2.69. The average Bonchev–Trinajstić information content (AvgIpc) is 2.71. The highest BCUT2D eigenvalue weighted by molar-refractivity contribution is 5.94. The minimum atomic E-state index is 0.0209. The predicted molar refractivity (Wildman–Crippen MR) is 103 cm³/mol. The van der Waals surface area contributed by atoms with E-state index in [2.05, 4.69) is 11.8 Å². The van der Waals surface area contributed by atoms with Crippen LogP contribution in [-0.2, 0) is 6.54 Å². The topological polar surface area (TPSA) is 42.0 Å². The third-order valence-corrected chi connectivity index (χ3v) is 4.71. The van der Waals surface area contributed by atoms with Crippen LogP contribution < -0.4 is 14.4 Å². The molecule has 0 saturated carbocycles. The quantitative estimate of drug-likeness (QED) is 0.795. The molecule has 1 aliphatic rings. The number of rotatable bonds is 6. The van der Waals surface area contributed by atoms with Crippen LogP contribution in [0.2, 0.25) is 0 Å². The van der Waals surface area contributed by atoms with E-state index in [-0.39, 0.29) is 5.91 Å². The number of carbonyl (C=O) groups excluding carboxylic acids is 1. The summed E-state index contributed by atoms with van der Waals surface area (Å²) in [6, 6.07) is 13.6. The smallest absolute Gasteiger partial charge is 0.254 e. The van der Waals surface area contributed by atoms with Gasteiger partial charge in [0.1, 0.15) is 13.2 Å². The molecule has 0 radical (unpaired) electrons. The zero-order chi connectivity index (χ0) is 18.5. The first-order valence-corrected chi connectivity index (χ1v) is 9.12. The van der Waals surface area contributed by atoms with E-state index in [0.29, 0.717) is 31.9 Å². The number of ether oxygens (including phenoxy) is 2. The van der Waals surface area contributed by atoms with Crippen molar-refractivity contribution in [2.24, 2.45) is 0 Å². The van der Waals surface area contributed by atoms with Crippen molar-refractivity contribution in [2.75, 3.05) is 38.3 Å². The maximum Gasteiger partial charge on any atom is 0.254 e. The molecule has 3 rings (SSSR count). The second-order valence-corrected chi connectivity index (χ2v) is 6.32. The van der Waals surface area contributed by atoms with Crippen molar-refractivity contribution < 1.29 is 14.3 Å². The van der Waals surface area contributed by atoms with E-state index in [4.69, 9.17) is 9.47 Å². The Morgan fingerprint density at radius 3 is 2.42 bits per heavy atom. The number of para-hydroxylation sites is 1. The van der Waals surface area contributed by atoms with Crippen LogP contribution in [-0.4, -0.2) is 44.2 Å². The molecule has 26 heavy (non-hydrogen) atoms. The molecule has 0 spiro atoms. The van der Waals surface area contributed by atoms with Gasteiger partial charge in [-0.05, 0) is 44.2 Å². The van der Waals surface area contributed by atoms with Gasteiger partial charge in [-0.1, -0.05) is 12.1 Å². The summed E-state index contributed by atoms with van der Waals surface area (Å²) in [6.45, 7) is 7.24. The van der Waals surface area contributed by atoms with Gasteiger partial charge in [0.25, 0.3) is 5.91 Å². The van der Waals surface area contributed by atoms with Gasteiger partial charge in [0.15, 0.2) is 11.5 Å². The van der Waals surface area contributed by atoms with Gasteiger partial charge in [0.2, 0.25) is 0 Å².